The highest BCUT2D eigenvalue weighted by Gasteiger charge is 2.30. The minimum atomic E-state index is -0.491. The Morgan fingerprint density at radius 1 is 1.64 bits per heavy atom. The Labute approximate surface area is 80.5 Å². The highest BCUT2D eigenvalue weighted by molar-refractivity contribution is 5.95. The van der Waals surface area contributed by atoms with E-state index in [9.17, 15) is 9.18 Å². The summed E-state index contributed by atoms with van der Waals surface area (Å²) in [5.74, 6) is -0.587. The van der Waals surface area contributed by atoms with Gasteiger partial charge in [0.15, 0.2) is 11.6 Å². The molecule has 1 aromatic rings. The van der Waals surface area contributed by atoms with Gasteiger partial charge in [-0.2, -0.15) is 0 Å². The highest BCUT2D eigenvalue weighted by atomic mass is 19.1. The van der Waals surface area contributed by atoms with Crippen LogP contribution in [0.3, 0.4) is 0 Å². The lowest BCUT2D eigenvalue weighted by molar-refractivity contribution is -0.117. The first-order valence-corrected chi connectivity index (χ1v) is 4.35. The minimum absolute atomic E-state index is 0.0745. The summed E-state index contributed by atoms with van der Waals surface area (Å²) < 4.78 is 13.2. The quantitative estimate of drug-likeness (QED) is 0.700. The van der Waals surface area contributed by atoms with E-state index in [-0.39, 0.29) is 24.2 Å². The fourth-order valence-electron chi connectivity index (χ4n) is 1.52. The van der Waals surface area contributed by atoms with Gasteiger partial charge in [-0.1, -0.05) is 0 Å². The third-order valence-electron chi connectivity index (χ3n) is 2.15. The van der Waals surface area contributed by atoms with Crippen LogP contribution in [0.1, 0.15) is 6.42 Å². The van der Waals surface area contributed by atoms with Crippen LogP contribution in [0.5, 0.6) is 0 Å². The first-order valence-electron chi connectivity index (χ1n) is 4.35. The molecule has 1 saturated heterocycles. The van der Waals surface area contributed by atoms with Crippen LogP contribution in [-0.4, -0.2) is 23.5 Å². The molecule has 0 aliphatic carbocycles. The number of carbonyl (C=O) groups is 1. The number of nitrogens with zero attached hydrogens (tertiary/aromatic N) is 2. The SMILES string of the molecule is NC1CC(=O)N(c2ncccc2F)C1. The Morgan fingerprint density at radius 2 is 2.43 bits per heavy atom. The number of pyridine rings is 1. The van der Waals surface area contributed by atoms with Crippen LogP contribution in [0.25, 0.3) is 0 Å². The van der Waals surface area contributed by atoms with Gasteiger partial charge in [-0.3, -0.25) is 9.69 Å². The summed E-state index contributed by atoms with van der Waals surface area (Å²) in [6.45, 7) is 0.340. The third-order valence-corrected chi connectivity index (χ3v) is 2.15. The molecule has 5 heteroatoms. The van der Waals surface area contributed by atoms with Crippen molar-refractivity contribution >= 4 is 11.7 Å². The van der Waals surface area contributed by atoms with Gasteiger partial charge < -0.3 is 5.73 Å². The molecule has 1 aliphatic rings. The van der Waals surface area contributed by atoms with Crippen molar-refractivity contribution in [3.8, 4) is 0 Å². The Kier molecular flexibility index (Phi) is 2.17. The molecule has 1 atom stereocenters. The van der Waals surface area contributed by atoms with Gasteiger partial charge in [-0.05, 0) is 12.1 Å². The zero-order chi connectivity index (χ0) is 10.1. The van der Waals surface area contributed by atoms with Crippen LogP contribution in [0.15, 0.2) is 18.3 Å². The summed E-state index contributed by atoms with van der Waals surface area (Å²) in [5.41, 5.74) is 5.59. The summed E-state index contributed by atoms with van der Waals surface area (Å²) in [7, 11) is 0. The average Bonchev–Trinajstić information content (AvgIpc) is 2.46. The van der Waals surface area contributed by atoms with E-state index in [1.807, 2.05) is 0 Å². The number of nitrogens with two attached hydrogens (primary N) is 1. The number of hydrogen-bond acceptors (Lipinski definition) is 3. The second kappa shape index (κ2) is 3.34. The molecule has 74 valence electrons. The molecule has 1 unspecified atom stereocenters. The van der Waals surface area contributed by atoms with Gasteiger partial charge in [-0.15, -0.1) is 0 Å². The highest BCUT2D eigenvalue weighted by Crippen LogP contribution is 2.20. The lowest BCUT2D eigenvalue weighted by atomic mass is 10.3. The summed E-state index contributed by atoms with van der Waals surface area (Å²) >= 11 is 0. The molecule has 1 amide bonds. The van der Waals surface area contributed by atoms with Crippen LogP contribution in [0.2, 0.25) is 0 Å². The second-order valence-electron chi connectivity index (χ2n) is 3.28. The van der Waals surface area contributed by atoms with Gasteiger partial charge in [0, 0.05) is 25.2 Å². The van der Waals surface area contributed by atoms with Crippen molar-refractivity contribution in [2.75, 3.05) is 11.4 Å². The summed E-state index contributed by atoms with van der Waals surface area (Å²) in [6.07, 6.45) is 1.71. The lowest BCUT2D eigenvalue weighted by Gasteiger charge is -2.14. The number of aromatic nitrogens is 1. The first kappa shape index (κ1) is 9.08. The summed E-state index contributed by atoms with van der Waals surface area (Å²) in [6, 6.07) is 2.54. The molecule has 1 aliphatic heterocycles. The zero-order valence-corrected chi connectivity index (χ0v) is 7.48. The topological polar surface area (TPSA) is 59.2 Å². The predicted molar refractivity (Wildman–Crippen MR) is 49.1 cm³/mol. The van der Waals surface area contributed by atoms with Gasteiger partial charge >= 0.3 is 0 Å². The van der Waals surface area contributed by atoms with E-state index >= 15 is 0 Å². The Bertz CT molecular complexity index is 369. The molecule has 0 spiro atoms. The molecule has 4 nitrogen and oxygen atoms in total. The number of anilines is 1. The normalized spacial score (nSPS) is 21.7. The second-order valence-corrected chi connectivity index (χ2v) is 3.28. The maximum Gasteiger partial charge on any atom is 0.229 e. The molecule has 2 heterocycles. The molecule has 0 aromatic carbocycles. The van der Waals surface area contributed by atoms with Gasteiger partial charge in [0.2, 0.25) is 5.91 Å². The lowest BCUT2D eigenvalue weighted by Crippen LogP contribution is -2.29. The van der Waals surface area contributed by atoms with E-state index in [2.05, 4.69) is 4.98 Å². The molecule has 0 saturated carbocycles. The third kappa shape index (κ3) is 1.46. The summed E-state index contributed by atoms with van der Waals surface area (Å²) in [5, 5.41) is 0. The van der Waals surface area contributed by atoms with Crippen molar-refractivity contribution in [3.05, 3.63) is 24.1 Å². The van der Waals surface area contributed by atoms with Crippen LogP contribution in [-0.2, 0) is 4.79 Å². The van der Waals surface area contributed by atoms with Crippen molar-refractivity contribution in [2.45, 2.75) is 12.5 Å². The zero-order valence-electron chi connectivity index (χ0n) is 7.48. The van der Waals surface area contributed by atoms with Crippen molar-refractivity contribution in [3.63, 3.8) is 0 Å². The largest absolute Gasteiger partial charge is 0.326 e. The molecule has 1 aromatic heterocycles. The molecule has 0 radical (unpaired) electrons. The summed E-state index contributed by atoms with van der Waals surface area (Å²) in [4.78, 5) is 16.5. The number of carbonyl (C=O) groups excluding carboxylic acids is 1. The smallest absolute Gasteiger partial charge is 0.229 e. The van der Waals surface area contributed by atoms with Gasteiger partial charge in [0.1, 0.15) is 0 Å². The van der Waals surface area contributed by atoms with Crippen LogP contribution in [0.4, 0.5) is 10.2 Å². The Morgan fingerprint density at radius 3 is 3.00 bits per heavy atom. The van der Waals surface area contributed by atoms with E-state index in [0.29, 0.717) is 6.54 Å². The van der Waals surface area contributed by atoms with E-state index in [0.717, 1.165) is 0 Å². The van der Waals surface area contributed by atoms with Gasteiger partial charge in [0.25, 0.3) is 0 Å². The first-order chi connectivity index (χ1) is 6.68. The molecule has 2 N–H and O–H groups in total. The van der Waals surface area contributed by atoms with E-state index < -0.39 is 5.82 Å². The molecular formula is C9H10FN3O. The molecule has 1 fully saturated rings. The average molecular weight is 195 g/mol. The van der Waals surface area contributed by atoms with Crippen LogP contribution in [0, 0.1) is 5.82 Å². The van der Waals surface area contributed by atoms with Gasteiger partial charge in [-0.25, -0.2) is 9.37 Å². The number of hydrogen-bond donors (Lipinski definition) is 1. The molecule has 14 heavy (non-hydrogen) atoms. The number of rotatable bonds is 1. The molecular weight excluding hydrogens is 185 g/mol. The number of amides is 1. The maximum atomic E-state index is 13.2. The van der Waals surface area contributed by atoms with Crippen molar-refractivity contribution < 1.29 is 9.18 Å². The standard InChI is InChI=1S/C9H10FN3O/c10-7-2-1-3-12-9(7)13-5-6(11)4-8(13)14/h1-3,6H,4-5,11H2. The van der Waals surface area contributed by atoms with E-state index in [1.165, 1.54) is 23.2 Å². The van der Waals surface area contributed by atoms with Crippen LogP contribution < -0.4 is 10.6 Å². The number of halogens is 1. The molecule has 2 rings (SSSR count). The van der Waals surface area contributed by atoms with E-state index in [1.54, 1.807) is 0 Å². The van der Waals surface area contributed by atoms with Crippen molar-refractivity contribution in [2.24, 2.45) is 5.73 Å². The maximum absolute atomic E-state index is 13.2. The molecule has 0 bridgehead atoms. The fourth-order valence-corrected chi connectivity index (χ4v) is 1.52. The van der Waals surface area contributed by atoms with Gasteiger partial charge in [0.05, 0.1) is 0 Å². The Balaban J connectivity index is 2.32. The van der Waals surface area contributed by atoms with Crippen molar-refractivity contribution in [1.82, 2.24) is 4.98 Å². The fraction of sp³-hybridized carbons (Fsp3) is 0.333. The Hall–Kier alpha value is -1.49. The minimum Gasteiger partial charge on any atom is -0.326 e. The van der Waals surface area contributed by atoms with Crippen LogP contribution >= 0.6 is 0 Å². The van der Waals surface area contributed by atoms with E-state index in [4.69, 9.17) is 5.73 Å². The predicted octanol–water partition coefficient (Wildman–Crippen LogP) is 0.285. The monoisotopic (exact) mass is 195 g/mol. The van der Waals surface area contributed by atoms with Crippen molar-refractivity contribution in [1.29, 1.82) is 0 Å².